The Morgan fingerprint density at radius 3 is 2.44 bits per heavy atom. The van der Waals surface area contributed by atoms with Crippen LogP contribution in [0.2, 0.25) is 0 Å². The van der Waals surface area contributed by atoms with Gasteiger partial charge in [-0.15, -0.1) is 0 Å². The predicted octanol–water partition coefficient (Wildman–Crippen LogP) is 4.86. The van der Waals surface area contributed by atoms with E-state index < -0.39 is 0 Å². The summed E-state index contributed by atoms with van der Waals surface area (Å²) in [5.41, 5.74) is 0. The summed E-state index contributed by atoms with van der Waals surface area (Å²) in [6.45, 7) is 8.55. The van der Waals surface area contributed by atoms with E-state index in [-0.39, 0.29) is 0 Å². The molecule has 0 spiro atoms. The molecule has 0 N–H and O–H groups in total. The number of unbranched alkanes of at least 4 members (excludes halogenated alkanes) is 2. The van der Waals surface area contributed by atoms with E-state index in [9.17, 15) is 0 Å². The summed E-state index contributed by atoms with van der Waals surface area (Å²) < 4.78 is 0. The Morgan fingerprint density at radius 1 is 1.00 bits per heavy atom. The van der Waals surface area contributed by atoms with E-state index in [0.29, 0.717) is 0 Å². The molecule has 2 rings (SSSR count). The molecule has 4 atom stereocenters. The number of hydrogen-bond donors (Lipinski definition) is 0. The van der Waals surface area contributed by atoms with Gasteiger partial charge in [0.05, 0.1) is 0 Å². The van der Waals surface area contributed by atoms with Crippen LogP contribution in [0.5, 0.6) is 0 Å². The topological polar surface area (TPSA) is 3.24 Å². The van der Waals surface area contributed by atoms with E-state index in [4.69, 9.17) is 0 Å². The maximum Gasteiger partial charge on any atom is 0.0127 e. The van der Waals surface area contributed by atoms with Crippen molar-refractivity contribution >= 4 is 0 Å². The van der Waals surface area contributed by atoms with E-state index in [1.165, 1.54) is 64.3 Å². The van der Waals surface area contributed by atoms with Gasteiger partial charge in [-0.25, -0.2) is 0 Å². The lowest BCUT2D eigenvalue weighted by molar-refractivity contribution is 0.0179. The molecular formula is C17H33N. The minimum absolute atomic E-state index is 0.928. The van der Waals surface area contributed by atoms with Gasteiger partial charge in [-0.1, -0.05) is 52.9 Å². The zero-order valence-corrected chi connectivity index (χ0v) is 12.8. The third-order valence-corrected chi connectivity index (χ3v) is 5.61. The Kier molecular flexibility index (Phi) is 5.54. The standard InChI is InChI=1S/C17H33N/c1-4-7-8-10-16-14(5-2)13-15(6-3)17-11-9-12-18(16)17/h14-17H,4-13H2,1-3H3/t14-,15-,16+,17+/m1/s1. The summed E-state index contributed by atoms with van der Waals surface area (Å²) in [5, 5.41) is 0. The molecule has 0 saturated carbocycles. The lowest BCUT2D eigenvalue weighted by Crippen LogP contribution is -2.51. The van der Waals surface area contributed by atoms with Crippen molar-refractivity contribution in [2.24, 2.45) is 11.8 Å². The molecule has 0 radical (unpaired) electrons. The van der Waals surface area contributed by atoms with Gasteiger partial charge in [0.25, 0.3) is 0 Å². The van der Waals surface area contributed by atoms with Crippen LogP contribution in [0.3, 0.4) is 0 Å². The van der Waals surface area contributed by atoms with Crippen LogP contribution in [0.25, 0.3) is 0 Å². The molecule has 0 unspecified atom stereocenters. The second-order valence-electron chi connectivity index (χ2n) is 6.58. The highest BCUT2D eigenvalue weighted by molar-refractivity contribution is 4.96. The van der Waals surface area contributed by atoms with Gasteiger partial charge < -0.3 is 0 Å². The summed E-state index contributed by atoms with van der Waals surface area (Å²) >= 11 is 0. The van der Waals surface area contributed by atoms with Crippen LogP contribution in [0.1, 0.15) is 78.6 Å². The first kappa shape index (κ1) is 14.4. The summed E-state index contributed by atoms with van der Waals surface area (Å²) in [7, 11) is 0. The fraction of sp³-hybridized carbons (Fsp3) is 1.00. The van der Waals surface area contributed by atoms with Gasteiger partial charge in [0.15, 0.2) is 0 Å². The predicted molar refractivity (Wildman–Crippen MR) is 79.8 cm³/mol. The van der Waals surface area contributed by atoms with Crippen molar-refractivity contribution in [1.29, 1.82) is 0 Å². The number of fused-ring (bicyclic) bond motifs is 1. The zero-order chi connectivity index (χ0) is 13.0. The van der Waals surface area contributed by atoms with Crippen molar-refractivity contribution in [2.75, 3.05) is 6.54 Å². The lowest BCUT2D eigenvalue weighted by Gasteiger charge is -2.47. The second kappa shape index (κ2) is 6.93. The van der Waals surface area contributed by atoms with Crippen LogP contribution in [-0.4, -0.2) is 23.5 Å². The molecular weight excluding hydrogens is 218 g/mol. The first-order chi connectivity index (χ1) is 8.81. The molecule has 2 fully saturated rings. The number of rotatable bonds is 6. The number of piperidine rings is 1. The fourth-order valence-corrected chi connectivity index (χ4v) is 4.59. The molecule has 0 aromatic heterocycles. The maximum absolute atomic E-state index is 2.93. The molecule has 0 aliphatic carbocycles. The van der Waals surface area contributed by atoms with Crippen molar-refractivity contribution in [3.05, 3.63) is 0 Å². The van der Waals surface area contributed by atoms with Crippen LogP contribution in [0.4, 0.5) is 0 Å². The third kappa shape index (κ3) is 2.92. The maximum atomic E-state index is 2.93. The van der Waals surface area contributed by atoms with Gasteiger partial charge in [0, 0.05) is 12.1 Å². The molecule has 2 aliphatic rings. The molecule has 0 amide bonds. The summed E-state index contributed by atoms with van der Waals surface area (Å²) in [4.78, 5) is 2.93. The SMILES string of the molecule is CCCCC[C@H]1[C@H](CC)C[C@@H](CC)[C@@H]2CCCN12. The van der Waals surface area contributed by atoms with E-state index in [2.05, 4.69) is 25.7 Å². The number of hydrogen-bond acceptors (Lipinski definition) is 1. The van der Waals surface area contributed by atoms with Crippen molar-refractivity contribution < 1.29 is 0 Å². The summed E-state index contributed by atoms with van der Waals surface area (Å²) in [6.07, 6.45) is 13.0. The molecule has 2 heterocycles. The van der Waals surface area contributed by atoms with Crippen molar-refractivity contribution in [2.45, 2.75) is 90.6 Å². The van der Waals surface area contributed by atoms with E-state index in [0.717, 1.165) is 23.9 Å². The normalized spacial score (nSPS) is 36.8. The van der Waals surface area contributed by atoms with Gasteiger partial charge >= 0.3 is 0 Å². The Bertz CT molecular complexity index is 238. The minimum atomic E-state index is 0.928. The summed E-state index contributed by atoms with van der Waals surface area (Å²) in [5.74, 6) is 1.99. The molecule has 1 heteroatoms. The molecule has 2 aliphatic heterocycles. The molecule has 0 aromatic rings. The average molecular weight is 251 g/mol. The van der Waals surface area contributed by atoms with Crippen molar-refractivity contribution in [3.63, 3.8) is 0 Å². The van der Waals surface area contributed by atoms with Crippen LogP contribution in [0, 0.1) is 11.8 Å². The largest absolute Gasteiger partial charge is 0.297 e. The Morgan fingerprint density at radius 2 is 1.78 bits per heavy atom. The summed E-state index contributed by atoms with van der Waals surface area (Å²) in [6, 6.07) is 1.88. The number of nitrogens with zero attached hydrogens (tertiary/aromatic N) is 1. The van der Waals surface area contributed by atoms with Crippen LogP contribution >= 0.6 is 0 Å². The van der Waals surface area contributed by atoms with Gasteiger partial charge in [-0.05, 0) is 44.1 Å². The Balaban J connectivity index is 2.00. The molecule has 18 heavy (non-hydrogen) atoms. The first-order valence-electron chi connectivity index (χ1n) is 8.57. The van der Waals surface area contributed by atoms with Gasteiger partial charge in [0.1, 0.15) is 0 Å². The molecule has 106 valence electrons. The van der Waals surface area contributed by atoms with E-state index in [1.54, 1.807) is 0 Å². The first-order valence-corrected chi connectivity index (χ1v) is 8.57. The lowest BCUT2D eigenvalue weighted by atomic mass is 9.75. The molecule has 2 saturated heterocycles. The fourth-order valence-electron chi connectivity index (χ4n) is 4.59. The molecule has 1 nitrogen and oxygen atoms in total. The van der Waals surface area contributed by atoms with Gasteiger partial charge in [-0.2, -0.15) is 0 Å². The van der Waals surface area contributed by atoms with Gasteiger partial charge in [0.2, 0.25) is 0 Å². The quantitative estimate of drug-likeness (QED) is 0.610. The smallest absolute Gasteiger partial charge is 0.0127 e. The van der Waals surface area contributed by atoms with Crippen LogP contribution < -0.4 is 0 Å². The molecule has 0 aromatic carbocycles. The highest BCUT2D eigenvalue weighted by Gasteiger charge is 2.42. The van der Waals surface area contributed by atoms with Crippen LogP contribution in [0.15, 0.2) is 0 Å². The van der Waals surface area contributed by atoms with Gasteiger partial charge in [-0.3, -0.25) is 4.90 Å². The zero-order valence-electron chi connectivity index (χ0n) is 12.8. The van der Waals surface area contributed by atoms with E-state index in [1.807, 2.05) is 0 Å². The van der Waals surface area contributed by atoms with E-state index >= 15 is 0 Å². The second-order valence-corrected chi connectivity index (χ2v) is 6.58. The van der Waals surface area contributed by atoms with Crippen LogP contribution in [-0.2, 0) is 0 Å². The third-order valence-electron chi connectivity index (χ3n) is 5.61. The van der Waals surface area contributed by atoms with Crippen molar-refractivity contribution in [1.82, 2.24) is 4.90 Å². The Hall–Kier alpha value is -0.0400. The average Bonchev–Trinajstić information content (AvgIpc) is 2.88. The monoisotopic (exact) mass is 251 g/mol. The molecule has 0 bridgehead atoms. The Labute approximate surface area is 114 Å². The highest BCUT2D eigenvalue weighted by Crippen LogP contribution is 2.42. The highest BCUT2D eigenvalue weighted by atomic mass is 15.2. The van der Waals surface area contributed by atoms with Crippen molar-refractivity contribution in [3.8, 4) is 0 Å². The minimum Gasteiger partial charge on any atom is -0.297 e.